The van der Waals surface area contributed by atoms with Crippen molar-refractivity contribution in [2.75, 3.05) is 13.7 Å². The SMILES string of the molecule is COc1cc(-n2cnnn2)c(Cl)cc1C(=O)NCCc1cccc(F)c1. The summed E-state index contributed by atoms with van der Waals surface area (Å²) in [6.07, 6.45) is 1.89. The molecule has 0 atom stereocenters. The Bertz CT molecular complexity index is 918. The van der Waals surface area contributed by atoms with Gasteiger partial charge in [-0.1, -0.05) is 23.7 Å². The highest BCUT2D eigenvalue weighted by Crippen LogP contribution is 2.29. The molecule has 134 valence electrons. The number of amides is 1. The third-order valence-electron chi connectivity index (χ3n) is 3.70. The fourth-order valence-electron chi connectivity index (χ4n) is 2.44. The summed E-state index contributed by atoms with van der Waals surface area (Å²) in [5.74, 6) is -0.313. The number of carbonyl (C=O) groups excluding carboxylic acids is 1. The van der Waals surface area contributed by atoms with Gasteiger partial charge in [-0.3, -0.25) is 4.79 Å². The molecule has 0 radical (unpaired) electrons. The van der Waals surface area contributed by atoms with Crippen molar-refractivity contribution in [3.05, 3.63) is 64.7 Å². The van der Waals surface area contributed by atoms with Crippen LogP contribution in [-0.4, -0.2) is 39.8 Å². The summed E-state index contributed by atoms with van der Waals surface area (Å²) in [6.45, 7) is 0.345. The molecule has 0 bridgehead atoms. The van der Waals surface area contributed by atoms with E-state index in [1.807, 2.05) is 0 Å². The summed E-state index contributed by atoms with van der Waals surface area (Å²) in [6, 6.07) is 9.32. The quantitative estimate of drug-likeness (QED) is 0.715. The van der Waals surface area contributed by atoms with Crippen LogP contribution < -0.4 is 10.1 Å². The second kappa shape index (κ2) is 7.92. The molecular weight excluding hydrogens is 361 g/mol. The van der Waals surface area contributed by atoms with E-state index in [9.17, 15) is 9.18 Å². The van der Waals surface area contributed by atoms with Gasteiger partial charge in [0, 0.05) is 12.6 Å². The number of ether oxygens (including phenoxy) is 1. The lowest BCUT2D eigenvalue weighted by atomic mass is 10.1. The maximum Gasteiger partial charge on any atom is 0.255 e. The van der Waals surface area contributed by atoms with E-state index in [0.717, 1.165) is 5.56 Å². The minimum atomic E-state index is -0.344. The number of hydrogen-bond acceptors (Lipinski definition) is 5. The first kappa shape index (κ1) is 17.8. The van der Waals surface area contributed by atoms with Crippen molar-refractivity contribution in [1.29, 1.82) is 0 Å². The van der Waals surface area contributed by atoms with Gasteiger partial charge < -0.3 is 10.1 Å². The third kappa shape index (κ3) is 3.97. The average molecular weight is 376 g/mol. The summed E-state index contributed by atoms with van der Waals surface area (Å²) in [4.78, 5) is 12.5. The zero-order valence-electron chi connectivity index (χ0n) is 13.8. The zero-order chi connectivity index (χ0) is 18.5. The van der Waals surface area contributed by atoms with Crippen molar-refractivity contribution in [2.45, 2.75) is 6.42 Å². The van der Waals surface area contributed by atoms with Gasteiger partial charge in [-0.15, -0.1) is 5.10 Å². The molecule has 2 aromatic carbocycles. The number of nitrogens with one attached hydrogen (secondary N) is 1. The van der Waals surface area contributed by atoms with Gasteiger partial charge in [0.1, 0.15) is 17.9 Å². The van der Waals surface area contributed by atoms with E-state index in [4.69, 9.17) is 16.3 Å². The first-order valence-corrected chi connectivity index (χ1v) is 8.10. The van der Waals surface area contributed by atoms with Crippen LogP contribution in [0.1, 0.15) is 15.9 Å². The number of carbonyl (C=O) groups is 1. The van der Waals surface area contributed by atoms with Crippen molar-refractivity contribution in [3.8, 4) is 11.4 Å². The first-order valence-electron chi connectivity index (χ1n) is 7.72. The van der Waals surface area contributed by atoms with Crippen LogP contribution in [0.25, 0.3) is 5.69 Å². The summed E-state index contributed by atoms with van der Waals surface area (Å²) in [5, 5.41) is 14.0. The molecule has 1 amide bonds. The molecule has 3 rings (SSSR count). The highest BCUT2D eigenvalue weighted by atomic mass is 35.5. The maximum atomic E-state index is 13.2. The minimum absolute atomic E-state index is 0.286. The third-order valence-corrected chi connectivity index (χ3v) is 4.00. The second-order valence-corrected chi connectivity index (χ2v) is 5.80. The molecular formula is C17H15ClFN5O2. The highest BCUT2D eigenvalue weighted by Gasteiger charge is 2.17. The smallest absolute Gasteiger partial charge is 0.255 e. The van der Waals surface area contributed by atoms with Crippen molar-refractivity contribution in [2.24, 2.45) is 0 Å². The van der Waals surface area contributed by atoms with Crippen LogP contribution in [0.3, 0.4) is 0 Å². The van der Waals surface area contributed by atoms with E-state index < -0.39 is 0 Å². The molecule has 7 nitrogen and oxygen atoms in total. The lowest BCUT2D eigenvalue weighted by Crippen LogP contribution is -2.26. The lowest BCUT2D eigenvalue weighted by Gasteiger charge is -2.12. The molecule has 1 N–H and O–H groups in total. The number of halogens is 2. The molecule has 0 unspecified atom stereocenters. The molecule has 1 heterocycles. The van der Waals surface area contributed by atoms with Crippen LogP contribution in [0.2, 0.25) is 5.02 Å². The van der Waals surface area contributed by atoms with Crippen molar-refractivity contribution < 1.29 is 13.9 Å². The molecule has 1 aromatic heterocycles. The number of hydrogen-bond donors (Lipinski definition) is 1. The highest BCUT2D eigenvalue weighted by molar-refractivity contribution is 6.33. The van der Waals surface area contributed by atoms with Crippen LogP contribution in [0.5, 0.6) is 5.75 Å². The van der Waals surface area contributed by atoms with Crippen molar-refractivity contribution in [1.82, 2.24) is 25.5 Å². The number of methoxy groups -OCH3 is 1. The van der Waals surface area contributed by atoms with Crippen molar-refractivity contribution >= 4 is 17.5 Å². The molecule has 3 aromatic rings. The fraction of sp³-hybridized carbons (Fsp3) is 0.176. The van der Waals surface area contributed by atoms with E-state index in [1.165, 1.54) is 36.3 Å². The Morgan fingerprint density at radius 1 is 1.35 bits per heavy atom. The average Bonchev–Trinajstić information content (AvgIpc) is 3.16. The minimum Gasteiger partial charge on any atom is -0.496 e. The van der Waals surface area contributed by atoms with Gasteiger partial charge in [0.15, 0.2) is 0 Å². The summed E-state index contributed by atoms with van der Waals surface area (Å²) < 4.78 is 19.8. The van der Waals surface area contributed by atoms with Crippen LogP contribution in [0, 0.1) is 5.82 Å². The van der Waals surface area contributed by atoms with E-state index in [0.29, 0.717) is 29.4 Å². The predicted molar refractivity (Wildman–Crippen MR) is 93.2 cm³/mol. The number of tetrazole rings is 1. The van der Waals surface area contributed by atoms with Crippen LogP contribution in [0.15, 0.2) is 42.7 Å². The largest absolute Gasteiger partial charge is 0.496 e. The Hall–Kier alpha value is -3.00. The predicted octanol–water partition coefficient (Wildman–Crippen LogP) is 2.44. The van der Waals surface area contributed by atoms with Crippen LogP contribution >= 0.6 is 11.6 Å². The molecule has 26 heavy (non-hydrogen) atoms. The van der Waals surface area contributed by atoms with Gasteiger partial charge in [0.05, 0.1) is 23.4 Å². The molecule has 0 aliphatic carbocycles. The zero-order valence-corrected chi connectivity index (χ0v) is 14.6. The Labute approximate surface area is 153 Å². The topological polar surface area (TPSA) is 81.9 Å². The standard InChI is InChI=1S/C17H15ClFN5O2/c1-26-16-9-15(24-10-21-22-23-24)14(18)8-13(16)17(25)20-6-5-11-3-2-4-12(19)7-11/h2-4,7-10H,5-6H2,1H3,(H,20,25). The fourth-order valence-corrected chi connectivity index (χ4v) is 2.69. The Balaban J connectivity index is 1.73. The van der Waals surface area contributed by atoms with Gasteiger partial charge >= 0.3 is 0 Å². The van der Waals surface area contributed by atoms with E-state index in [1.54, 1.807) is 18.2 Å². The van der Waals surface area contributed by atoms with Gasteiger partial charge in [-0.25, -0.2) is 4.39 Å². The summed E-state index contributed by atoms with van der Waals surface area (Å²) in [7, 11) is 1.45. The van der Waals surface area contributed by atoms with Gasteiger partial charge in [-0.05, 0) is 40.6 Å². The van der Waals surface area contributed by atoms with Crippen molar-refractivity contribution in [3.63, 3.8) is 0 Å². The molecule has 0 saturated heterocycles. The molecule has 9 heteroatoms. The number of nitrogens with zero attached hydrogens (tertiary/aromatic N) is 4. The van der Waals surface area contributed by atoms with Gasteiger partial charge in [-0.2, -0.15) is 4.68 Å². The molecule has 0 spiro atoms. The molecule has 0 saturated carbocycles. The summed E-state index contributed by atoms with van der Waals surface area (Å²) >= 11 is 6.25. The molecule has 0 aliphatic rings. The van der Waals surface area contributed by atoms with Crippen LogP contribution in [0.4, 0.5) is 4.39 Å². The molecule has 0 fully saturated rings. The second-order valence-electron chi connectivity index (χ2n) is 5.39. The monoisotopic (exact) mass is 375 g/mol. The Morgan fingerprint density at radius 3 is 2.88 bits per heavy atom. The maximum absolute atomic E-state index is 13.2. The number of rotatable bonds is 6. The van der Waals surface area contributed by atoms with E-state index in [-0.39, 0.29) is 17.3 Å². The number of benzene rings is 2. The molecule has 0 aliphatic heterocycles. The summed E-state index contributed by atoms with van der Waals surface area (Å²) in [5.41, 5.74) is 1.57. The normalized spacial score (nSPS) is 10.6. The Morgan fingerprint density at radius 2 is 2.19 bits per heavy atom. The van der Waals surface area contributed by atoms with Crippen LogP contribution in [-0.2, 0) is 6.42 Å². The van der Waals surface area contributed by atoms with Gasteiger partial charge in [0.2, 0.25) is 0 Å². The van der Waals surface area contributed by atoms with Gasteiger partial charge in [0.25, 0.3) is 5.91 Å². The van der Waals surface area contributed by atoms with E-state index in [2.05, 4.69) is 20.8 Å². The first-order chi connectivity index (χ1) is 12.6. The Kier molecular flexibility index (Phi) is 5.43. The lowest BCUT2D eigenvalue weighted by molar-refractivity contribution is 0.0951. The number of aromatic nitrogens is 4. The van der Waals surface area contributed by atoms with E-state index >= 15 is 0 Å².